The van der Waals surface area contributed by atoms with E-state index in [1.807, 2.05) is 24.3 Å². The number of halogens is 1. The van der Waals surface area contributed by atoms with Gasteiger partial charge >= 0.3 is 6.03 Å². The molecule has 0 aliphatic carbocycles. The number of aromatic nitrogens is 3. The van der Waals surface area contributed by atoms with Crippen molar-refractivity contribution < 1.29 is 9.18 Å². The Hall–Kier alpha value is -2.87. The molecule has 8 heteroatoms. The second-order valence-corrected chi connectivity index (χ2v) is 7.16. The fourth-order valence-electron chi connectivity index (χ4n) is 2.37. The van der Waals surface area contributed by atoms with Gasteiger partial charge < -0.3 is 5.32 Å². The zero-order valence-corrected chi connectivity index (χ0v) is 15.2. The van der Waals surface area contributed by atoms with Crippen molar-refractivity contribution in [2.45, 2.75) is 20.3 Å². The maximum Gasteiger partial charge on any atom is 0.325 e. The van der Waals surface area contributed by atoms with Crippen LogP contribution in [0.15, 0.2) is 42.7 Å². The van der Waals surface area contributed by atoms with Gasteiger partial charge in [0.25, 0.3) is 0 Å². The molecule has 1 aromatic carbocycles. The maximum absolute atomic E-state index is 13.2. The monoisotopic (exact) mass is 371 g/mol. The van der Waals surface area contributed by atoms with Crippen molar-refractivity contribution >= 4 is 28.2 Å². The highest BCUT2D eigenvalue weighted by Gasteiger charge is 2.11. The molecule has 26 heavy (non-hydrogen) atoms. The number of hydrogen-bond acceptors (Lipinski definition) is 5. The van der Waals surface area contributed by atoms with E-state index in [0.717, 1.165) is 24.0 Å². The third-order valence-electron chi connectivity index (χ3n) is 3.45. The van der Waals surface area contributed by atoms with Crippen LogP contribution in [0.1, 0.15) is 19.4 Å². The van der Waals surface area contributed by atoms with Crippen LogP contribution < -0.4 is 10.6 Å². The van der Waals surface area contributed by atoms with E-state index in [1.165, 1.54) is 17.8 Å². The third-order valence-corrected chi connectivity index (χ3v) is 4.34. The lowest BCUT2D eigenvalue weighted by atomic mass is 10.0. The first-order valence-corrected chi connectivity index (χ1v) is 8.92. The predicted molar refractivity (Wildman–Crippen MR) is 101 cm³/mol. The molecule has 0 atom stereocenters. The fraction of sp³-hybridized carbons (Fsp3) is 0.222. The van der Waals surface area contributed by atoms with Gasteiger partial charge in [0.1, 0.15) is 5.82 Å². The van der Waals surface area contributed by atoms with E-state index in [2.05, 4.69) is 39.7 Å². The highest BCUT2D eigenvalue weighted by molar-refractivity contribution is 7.18. The van der Waals surface area contributed by atoms with Crippen molar-refractivity contribution in [3.8, 4) is 10.6 Å². The number of rotatable bonds is 5. The minimum Gasteiger partial charge on any atom is -0.308 e. The van der Waals surface area contributed by atoms with Crippen molar-refractivity contribution in [3.63, 3.8) is 0 Å². The fourth-order valence-corrected chi connectivity index (χ4v) is 3.09. The zero-order chi connectivity index (χ0) is 18.5. The molecule has 3 rings (SSSR count). The molecule has 0 aliphatic heterocycles. The quantitative estimate of drug-likeness (QED) is 0.688. The van der Waals surface area contributed by atoms with Crippen LogP contribution in [0.2, 0.25) is 0 Å². The van der Waals surface area contributed by atoms with Crippen molar-refractivity contribution in [2.24, 2.45) is 5.92 Å². The normalized spacial score (nSPS) is 10.8. The van der Waals surface area contributed by atoms with E-state index in [0.29, 0.717) is 27.3 Å². The highest BCUT2D eigenvalue weighted by atomic mass is 32.1. The van der Waals surface area contributed by atoms with E-state index in [-0.39, 0.29) is 0 Å². The van der Waals surface area contributed by atoms with E-state index >= 15 is 0 Å². The average molecular weight is 371 g/mol. The largest absolute Gasteiger partial charge is 0.325 e. The Morgan fingerprint density at radius 3 is 2.62 bits per heavy atom. The topological polar surface area (TPSA) is 79.8 Å². The Morgan fingerprint density at radius 1 is 1.15 bits per heavy atom. The molecule has 2 heterocycles. The predicted octanol–water partition coefficient (Wildman–Crippen LogP) is 4.58. The summed E-state index contributed by atoms with van der Waals surface area (Å²) in [4.78, 5) is 15.9. The molecular weight excluding hydrogens is 353 g/mol. The van der Waals surface area contributed by atoms with Crippen LogP contribution in [0.4, 0.5) is 20.0 Å². The van der Waals surface area contributed by atoms with Gasteiger partial charge in [-0.3, -0.25) is 10.3 Å². The summed E-state index contributed by atoms with van der Waals surface area (Å²) in [5.41, 5.74) is 2.43. The van der Waals surface area contributed by atoms with E-state index in [1.54, 1.807) is 0 Å². The van der Waals surface area contributed by atoms with Gasteiger partial charge in [-0.2, -0.15) is 0 Å². The molecule has 0 spiro atoms. The number of urea groups is 1. The van der Waals surface area contributed by atoms with Crippen LogP contribution in [0.3, 0.4) is 0 Å². The lowest BCUT2D eigenvalue weighted by molar-refractivity contribution is 0.262. The second-order valence-electron chi connectivity index (χ2n) is 6.18. The lowest BCUT2D eigenvalue weighted by Gasteiger charge is -2.08. The summed E-state index contributed by atoms with van der Waals surface area (Å²) in [5.74, 6) is 0.128. The number of carbonyl (C=O) groups is 1. The van der Waals surface area contributed by atoms with Crippen LogP contribution >= 0.6 is 11.3 Å². The Balaban J connectivity index is 1.60. The first kappa shape index (κ1) is 17.9. The Labute approximate surface area is 154 Å². The zero-order valence-electron chi connectivity index (χ0n) is 14.4. The Kier molecular flexibility index (Phi) is 5.52. The van der Waals surface area contributed by atoms with Crippen molar-refractivity contribution in [2.75, 3.05) is 10.6 Å². The van der Waals surface area contributed by atoms with Gasteiger partial charge in [0, 0.05) is 17.4 Å². The van der Waals surface area contributed by atoms with Crippen LogP contribution in [-0.2, 0) is 6.42 Å². The number of nitrogens with one attached hydrogen (secondary N) is 2. The van der Waals surface area contributed by atoms with Crippen molar-refractivity contribution in [3.05, 3.63) is 54.1 Å². The summed E-state index contributed by atoms with van der Waals surface area (Å²) in [7, 11) is 0. The van der Waals surface area contributed by atoms with Gasteiger partial charge in [-0.15, -0.1) is 10.2 Å². The molecule has 0 aliphatic rings. The molecule has 3 aromatic rings. The molecule has 0 bridgehead atoms. The first-order valence-electron chi connectivity index (χ1n) is 8.11. The summed E-state index contributed by atoms with van der Waals surface area (Å²) in [6, 6.07) is 8.62. The number of nitrogens with zero attached hydrogens (tertiary/aromatic N) is 3. The standard InChI is InChI=1S/C18H18FN5OS/c1-11(2)7-12-3-5-15(6-4-12)21-17(25)22-18-24-23-16(26-18)13-8-14(19)10-20-9-13/h3-6,8-11H,7H2,1-2H3,(H2,21,22,24,25). The van der Waals surface area contributed by atoms with Gasteiger partial charge in [0.05, 0.1) is 6.20 Å². The van der Waals surface area contributed by atoms with E-state index < -0.39 is 11.8 Å². The van der Waals surface area contributed by atoms with Crippen LogP contribution in [0, 0.1) is 11.7 Å². The highest BCUT2D eigenvalue weighted by Crippen LogP contribution is 2.26. The van der Waals surface area contributed by atoms with E-state index in [9.17, 15) is 9.18 Å². The van der Waals surface area contributed by atoms with Crippen LogP contribution in [0.5, 0.6) is 0 Å². The van der Waals surface area contributed by atoms with Crippen LogP contribution in [-0.4, -0.2) is 21.2 Å². The van der Waals surface area contributed by atoms with Crippen molar-refractivity contribution in [1.82, 2.24) is 15.2 Å². The number of pyridine rings is 1. The molecular formula is C18H18FN5OS. The minimum absolute atomic E-state index is 0.318. The second kappa shape index (κ2) is 8.01. The Bertz CT molecular complexity index is 895. The summed E-state index contributed by atoms with van der Waals surface area (Å²) in [6.07, 6.45) is 3.60. The third kappa shape index (κ3) is 4.82. The molecule has 0 fully saturated rings. The van der Waals surface area contributed by atoms with Gasteiger partial charge in [0.2, 0.25) is 5.13 Å². The van der Waals surface area contributed by atoms with E-state index in [4.69, 9.17) is 0 Å². The molecule has 0 radical (unpaired) electrons. The smallest absolute Gasteiger partial charge is 0.308 e. The summed E-state index contributed by atoms with van der Waals surface area (Å²) >= 11 is 1.14. The molecule has 0 saturated heterocycles. The molecule has 0 saturated carbocycles. The number of anilines is 2. The van der Waals surface area contributed by atoms with Crippen LogP contribution in [0.25, 0.3) is 10.6 Å². The molecule has 6 nitrogen and oxygen atoms in total. The number of benzene rings is 1. The molecule has 2 aromatic heterocycles. The minimum atomic E-state index is -0.453. The molecule has 2 amide bonds. The lowest BCUT2D eigenvalue weighted by Crippen LogP contribution is -2.19. The molecule has 2 N–H and O–H groups in total. The average Bonchev–Trinajstić information content (AvgIpc) is 3.04. The van der Waals surface area contributed by atoms with Gasteiger partial charge in [0.15, 0.2) is 5.01 Å². The number of carbonyl (C=O) groups excluding carboxylic acids is 1. The number of amides is 2. The van der Waals surface area contributed by atoms with Gasteiger partial charge in [-0.1, -0.05) is 37.3 Å². The first-order chi connectivity index (χ1) is 12.5. The molecule has 134 valence electrons. The number of hydrogen-bond donors (Lipinski definition) is 2. The molecule has 0 unspecified atom stereocenters. The van der Waals surface area contributed by atoms with Crippen molar-refractivity contribution in [1.29, 1.82) is 0 Å². The summed E-state index contributed by atoms with van der Waals surface area (Å²) in [5, 5.41) is 14.0. The van der Waals surface area contributed by atoms with Gasteiger partial charge in [-0.25, -0.2) is 9.18 Å². The SMILES string of the molecule is CC(C)Cc1ccc(NC(=O)Nc2nnc(-c3cncc(F)c3)s2)cc1. The van der Waals surface area contributed by atoms with Gasteiger partial charge in [-0.05, 0) is 36.1 Å². The summed E-state index contributed by atoms with van der Waals surface area (Å²) in [6.45, 7) is 4.33. The summed E-state index contributed by atoms with van der Waals surface area (Å²) < 4.78 is 13.2. The Morgan fingerprint density at radius 2 is 1.92 bits per heavy atom. The maximum atomic E-state index is 13.2.